The van der Waals surface area contributed by atoms with Gasteiger partial charge in [-0.2, -0.15) is 0 Å². The average Bonchev–Trinajstić information content (AvgIpc) is 2.79. The van der Waals surface area contributed by atoms with Gasteiger partial charge in [-0.05, 0) is 54.5 Å². The van der Waals surface area contributed by atoms with E-state index in [1.807, 2.05) is 25.7 Å². The van der Waals surface area contributed by atoms with Gasteiger partial charge in [0.25, 0.3) is 0 Å². The van der Waals surface area contributed by atoms with Crippen molar-refractivity contribution in [2.45, 2.75) is 76.8 Å². The van der Waals surface area contributed by atoms with E-state index in [4.69, 9.17) is 9.47 Å². The van der Waals surface area contributed by atoms with Crippen LogP contribution < -0.4 is 0 Å². The third-order valence-corrected chi connectivity index (χ3v) is 5.84. The van der Waals surface area contributed by atoms with Gasteiger partial charge >= 0.3 is 6.09 Å². The number of nitrogens with zero attached hydrogens (tertiary/aromatic N) is 3. The number of carbonyl (C=O) groups excluding carboxylic acids is 1. The predicted octanol–water partition coefficient (Wildman–Crippen LogP) is 2.18. The number of morpholine rings is 1. The van der Waals surface area contributed by atoms with Crippen LogP contribution in [0.2, 0.25) is 0 Å². The molecule has 0 aromatic heterocycles. The third-order valence-electron chi connectivity index (χ3n) is 5.84. The largest absolute Gasteiger partial charge is 0.444 e. The zero-order valence-corrected chi connectivity index (χ0v) is 16.7. The number of hydrogen-bond acceptors (Lipinski definition) is 5. The minimum atomic E-state index is -0.461. The Hall–Kier alpha value is -0.850. The normalized spacial score (nSPS) is 32.1. The minimum absolute atomic E-state index is 0.0141. The minimum Gasteiger partial charge on any atom is -0.444 e. The van der Waals surface area contributed by atoms with Crippen molar-refractivity contribution < 1.29 is 14.3 Å². The van der Waals surface area contributed by atoms with Crippen LogP contribution in [-0.4, -0.2) is 90.0 Å². The monoisotopic (exact) mass is 353 g/mol. The Morgan fingerprint density at radius 1 is 1.04 bits per heavy atom. The molecule has 0 aliphatic carbocycles. The number of fused-ring (bicyclic) bond motifs is 2. The number of carbonyl (C=O) groups is 1. The van der Waals surface area contributed by atoms with Crippen molar-refractivity contribution in [1.82, 2.24) is 14.7 Å². The van der Waals surface area contributed by atoms with Crippen LogP contribution in [0.4, 0.5) is 4.79 Å². The molecule has 3 unspecified atom stereocenters. The molecule has 0 aromatic rings. The van der Waals surface area contributed by atoms with Gasteiger partial charge in [0.2, 0.25) is 0 Å². The summed E-state index contributed by atoms with van der Waals surface area (Å²) in [5.41, 5.74) is -0.551. The van der Waals surface area contributed by atoms with Crippen LogP contribution in [0.25, 0.3) is 0 Å². The Kier molecular flexibility index (Phi) is 5.08. The molecule has 0 radical (unpaired) electrons. The molecule has 3 atom stereocenters. The van der Waals surface area contributed by atoms with Crippen molar-refractivity contribution in [2.75, 3.05) is 39.8 Å². The molecule has 3 saturated heterocycles. The molecule has 3 aliphatic heterocycles. The summed E-state index contributed by atoms with van der Waals surface area (Å²) in [7, 11) is 2.22. The number of amides is 1. The molecule has 3 rings (SSSR count). The quantitative estimate of drug-likeness (QED) is 0.761. The van der Waals surface area contributed by atoms with Crippen molar-refractivity contribution in [1.29, 1.82) is 0 Å². The summed E-state index contributed by atoms with van der Waals surface area (Å²) in [5, 5.41) is 0. The first-order chi connectivity index (χ1) is 11.6. The van der Waals surface area contributed by atoms with Crippen LogP contribution in [0.5, 0.6) is 0 Å². The number of piperazine rings is 1. The summed E-state index contributed by atoms with van der Waals surface area (Å²) in [6.07, 6.45) is 2.32. The highest BCUT2D eigenvalue weighted by molar-refractivity contribution is 5.68. The van der Waals surface area contributed by atoms with Gasteiger partial charge < -0.3 is 19.3 Å². The van der Waals surface area contributed by atoms with E-state index in [0.29, 0.717) is 31.8 Å². The van der Waals surface area contributed by atoms with Gasteiger partial charge in [-0.25, -0.2) is 4.79 Å². The molecule has 25 heavy (non-hydrogen) atoms. The molecule has 0 spiro atoms. The van der Waals surface area contributed by atoms with Gasteiger partial charge in [-0.1, -0.05) is 0 Å². The molecule has 3 aliphatic rings. The molecule has 6 heteroatoms. The first kappa shape index (κ1) is 18.9. The molecule has 0 N–H and O–H groups in total. The predicted molar refractivity (Wildman–Crippen MR) is 97.8 cm³/mol. The molecule has 0 saturated carbocycles. The highest BCUT2D eigenvalue weighted by Gasteiger charge is 2.50. The van der Waals surface area contributed by atoms with Crippen molar-refractivity contribution >= 4 is 6.09 Å². The molecule has 3 heterocycles. The van der Waals surface area contributed by atoms with Gasteiger partial charge in [0.15, 0.2) is 0 Å². The molecule has 6 nitrogen and oxygen atoms in total. The number of hydrogen-bond donors (Lipinski definition) is 0. The molecule has 1 amide bonds. The van der Waals surface area contributed by atoms with Gasteiger partial charge in [-0.3, -0.25) is 4.90 Å². The van der Waals surface area contributed by atoms with Crippen molar-refractivity contribution in [3.8, 4) is 0 Å². The first-order valence-electron chi connectivity index (χ1n) is 9.64. The Morgan fingerprint density at radius 2 is 1.64 bits per heavy atom. The molecule has 3 fully saturated rings. The smallest absolute Gasteiger partial charge is 0.410 e. The van der Waals surface area contributed by atoms with E-state index in [1.165, 1.54) is 12.8 Å². The number of likely N-dealkylation sites (N-methyl/N-ethyl adjacent to an activating group) is 1. The standard InChI is InChI=1S/C19H35N3O3/c1-18(2,3)25-17(23)21-9-10-24-16(13-21)19(4,5)22-14-7-8-15(22)12-20(6)11-14/h14-16H,7-13H2,1-6H3. The Bertz CT molecular complexity index is 489. The number of ether oxygens (including phenoxy) is 2. The van der Waals surface area contributed by atoms with Crippen molar-refractivity contribution in [3.05, 3.63) is 0 Å². The van der Waals surface area contributed by atoms with Crippen LogP contribution in [0.3, 0.4) is 0 Å². The lowest BCUT2D eigenvalue weighted by molar-refractivity contribution is -0.125. The van der Waals surface area contributed by atoms with Gasteiger partial charge in [0, 0.05) is 37.3 Å². The van der Waals surface area contributed by atoms with E-state index in [1.54, 1.807) is 0 Å². The van der Waals surface area contributed by atoms with E-state index >= 15 is 0 Å². The van der Waals surface area contributed by atoms with Gasteiger partial charge in [-0.15, -0.1) is 0 Å². The van der Waals surface area contributed by atoms with Crippen molar-refractivity contribution in [3.63, 3.8) is 0 Å². The summed E-state index contributed by atoms with van der Waals surface area (Å²) in [6, 6.07) is 1.19. The molecule has 2 bridgehead atoms. The molecular formula is C19H35N3O3. The van der Waals surface area contributed by atoms with Gasteiger partial charge in [0.05, 0.1) is 19.3 Å². The fourth-order valence-electron chi connectivity index (χ4n) is 4.79. The maximum atomic E-state index is 12.5. The highest BCUT2D eigenvalue weighted by Crippen LogP contribution is 2.38. The van der Waals surface area contributed by atoms with E-state index < -0.39 is 5.60 Å². The van der Waals surface area contributed by atoms with E-state index in [2.05, 4.69) is 30.7 Å². The number of rotatable bonds is 2. The fourth-order valence-corrected chi connectivity index (χ4v) is 4.79. The Morgan fingerprint density at radius 3 is 2.20 bits per heavy atom. The lowest BCUT2D eigenvalue weighted by Gasteiger charge is -2.53. The van der Waals surface area contributed by atoms with Crippen molar-refractivity contribution in [2.24, 2.45) is 0 Å². The summed E-state index contributed by atoms with van der Waals surface area (Å²) < 4.78 is 11.7. The van der Waals surface area contributed by atoms with Crippen LogP contribution in [0.15, 0.2) is 0 Å². The third kappa shape index (κ3) is 3.96. The van der Waals surface area contributed by atoms with E-state index in [9.17, 15) is 4.79 Å². The lowest BCUT2D eigenvalue weighted by Crippen LogP contribution is -2.67. The van der Waals surface area contributed by atoms with Crippen LogP contribution in [0, 0.1) is 0 Å². The number of likely N-dealkylation sites (tertiary alicyclic amines) is 1. The van der Waals surface area contributed by atoms with E-state index in [-0.39, 0.29) is 17.7 Å². The molecule has 144 valence electrons. The molecule has 0 aromatic carbocycles. The second-order valence-electron chi connectivity index (χ2n) is 9.45. The summed E-state index contributed by atoms with van der Waals surface area (Å²) in [6.45, 7) is 14.4. The summed E-state index contributed by atoms with van der Waals surface area (Å²) in [4.78, 5) is 19.4. The fraction of sp³-hybridized carbons (Fsp3) is 0.947. The maximum absolute atomic E-state index is 12.5. The average molecular weight is 354 g/mol. The second kappa shape index (κ2) is 6.71. The Balaban J connectivity index is 1.69. The zero-order valence-electron chi connectivity index (χ0n) is 16.7. The second-order valence-corrected chi connectivity index (χ2v) is 9.45. The lowest BCUT2D eigenvalue weighted by atomic mass is 9.90. The summed E-state index contributed by atoms with van der Waals surface area (Å²) >= 11 is 0. The van der Waals surface area contributed by atoms with E-state index in [0.717, 1.165) is 13.1 Å². The highest BCUT2D eigenvalue weighted by atomic mass is 16.6. The first-order valence-corrected chi connectivity index (χ1v) is 9.64. The Labute approximate surface area is 152 Å². The summed E-state index contributed by atoms with van der Waals surface area (Å²) in [5.74, 6) is 0. The topological polar surface area (TPSA) is 45.2 Å². The zero-order chi connectivity index (χ0) is 18.4. The SMILES string of the molecule is CN1CC2CCC(C1)N2C(C)(C)C1CN(C(=O)OC(C)(C)C)CCO1. The van der Waals surface area contributed by atoms with Crippen LogP contribution in [-0.2, 0) is 9.47 Å². The molecular weight excluding hydrogens is 318 g/mol. The van der Waals surface area contributed by atoms with Crippen LogP contribution in [0.1, 0.15) is 47.5 Å². The van der Waals surface area contributed by atoms with Crippen LogP contribution >= 0.6 is 0 Å². The maximum Gasteiger partial charge on any atom is 0.410 e. The van der Waals surface area contributed by atoms with Gasteiger partial charge in [0.1, 0.15) is 5.60 Å².